The molecule has 176 valence electrons. The number of carbonyl (C=O) groups excluding carboxylic acids is 2. The van der Waals surface area contributed by atoms with Gasteiger partial charge >= 0.3 is 0 Å². The molecule has 3 heterocycles. The Balaban J connectivity index is 1.64. The molecule has 1 aromatic rings. The van der Waals surface area contributed by atoms with Crippen molar-refractivity contribution in [2.24, 2.45) is 17.8 Å². The minimum atomic E-state index is -1.96. The third kappa shape index (κ3) is 3.30. The molecule has 0 saturated carbocycles. The first-order valence-electron chi connectivity index (χ1n) is 11.3. The van der Waals surface area contributed by atoms with Crippen LogP contribution < -0.4 is 4.90 Å². The summed E-state index contributed by atoms with van der Waals surface area (Å²) in [6, 6.07) is 3.96. The zero-order valence-electron chi connectivity index (χ0n) is 19.9. The van der Waals surface area contributed by atoms with Gasteiger partial charge in [-0.05, 0) is 62.0 Å². The third-order valence-electron chi connectivity index (χ3n) is 8.38. The summed E-state index contributed by atoms with van der Waals surface area (Å²) >= 11 is 5.94. The normalized spacial score (nSPS) is 34.5. The molecule has 3 saturated heterocycles. The maximum absolute atomic E-state index is 13.7. The number of amides is 2. The van der Waals surface area contributed by atoms with Crippen molar-refractivity contribution in [1.29, 1.82) is 0 Å². The molecule has 0 spiro atoms. The summed E-state index contributed by atoms with van der Waals surface area (Å²) in [7, 11) is -1.96. The van der Waals surface area contributed by atoms with Gasteiger partial charge in [0.05, 0.1) is 33.7 Å². The first-order chi connectivity index (χ1) is 14.6. The first kappa shape index (κ1) is 23.9. The number of carbonyl (C=O) groups is 2. The molecule has 1 aromatic carbocycles. The van der Waals surface area contributed by atoms with Gasteiger partial charge in [0.15, 0.2) is 8.32 Å². The second-order valence-corrected chi connectivity index (χ2v) is 16.6. The van der Waals surface area contributed by atoms with E-state index in [0.29, 0.717) is 25.1 Å². The molecule has 5 atom stereocenters. The molecule has 3 fully saturated rings. The van der Waals surface area contributed by atoms with Crippen molar-refractivity contribution in [3.05, 3.63) is 29.0 Å². The van der Waals surface area contributed by atoms with Gasteiger partial charge < -0.3 is 9.16 Å². The lowest BCUT2D eigenvalue weighted by molar-refractivity contribution is -0.132. The largest absolute Gasteiger partial charge is 0.417 e. The van der Waals surface area contributed by atoms with Gasteiger partial charge in [-0.25, -0.2) is 9.29 Å². The van der Waals surface area contributed by atoms with Crippen LogP contribution in [0.4, 0.5) is 10.1 Å². The van der Waals surface area contributed by atoms with E-state index in [4.69, 9.17) is 20.8 Å². The average molecular weight is 482 g/mol. The molecule has 2 amide bonds. The number of fused-ring (bicyclic) bond motifs is 5. The number of anilines is 1. The summed E-state index contributed by atoms with van der Waals surface area (Å²) in [5.74, 6) is -2.17. The van der Waals surface area contributed by atoms with Gasteiger partial charge in [-0.3, -0.25) is 9.59 Å². The minimum Gasteiger partial charge on any atom is -0.417 e. The van der Waals surface area contributed by atoms with Crippen molar-refractivity contribution < 1.29 is 23.1 Å². The Labute approximate surface area is 195 Å². The highest BCUT2D eigenvalue weighted by Gasteiger charge is 2.76. The first-order valence-corrected chi connectivity index (χ1v) is 14.6. The Morgan fingerprint density at radius 1 is 1.25 bits per heavy atom. The van der Waals surface area contributed by atoms with Crippen LogP contribution in [-0.2, 0) is 18.8 Å². The SMILES string of the molecule is C[C@H]1C[C@@]2(C)O[C@]1(CCO[Si](C)(C)C(C)(C)C)[C@@H]1C(=O)N(c3ccc(F)c(Cl)c3)C(=O)[C@@H]12. The van der Waals surface area contributed by atoms with Crippen LogP contribution in [0.2, 0.25) is 23.2 Å². The number of rotatable bonds is 5. The summed E-state index contributed by atoms with van der Waals surface area (Å²) in [6.07, 6.45) is 1.28. The molecule has 3 aliphatic heterocycles. The smallest absolute Gasteiger partial charge is 0.240 e. The fourth-order valence-electron chi connectivity index (χ4n) is 5.71. The molecule has 32 heavy (non-hydrogen) atoms. The van der Waals surface area contributed by atoms with E-state index < -0.39 is 37.2 Å². The van der Waals surface area contributed by atoms with Gasteiger partial charge in [0.25, 0.3) is 0 Å². The van der Waals surface area contributed by atoms with Gasteiger partial charge in [0.1, 0.15) is 5.82 Å². The lowest BCUT2D eigenvalue weighted by Crippen LogP contribution is -2.49. The van der Waals surface area contributed by atoms with E-state index in [2.05, 4.69) is 40.8 Å². The predicted molar refractivity (Wildman–Crippen MR) is 125 cm³/mol. The molecule has 8 heteroatoms. The molecular formula is C24H33ClFNO4Si. The van der Waals surface area contributed by atoms with Crippen molar-refractivity contribution in [3.8, 4) is 0 Å². The molecule has 5 nitrogen and oxygen atoms in total. The summed E-state index contributed by atoms with van der Waals surface area (Å²) in [6.45, 7) is 15.5. The number of nitrogens with zero attached hydrogens (tertiary/aromatic N) is 1. The van der Waals surface area contributed by atoms with Gasteiger partial charge in [-0.15, -0.1) is 0 Å². The molecule has 0 N–H and O–H groups in total. The number of halogens is 2. The summed E-state index contributed by atoms with van der Waals surface area (Å²) in [5, 5.41) is -0.0337. The lowest BCUT2D eigenvalue weighted by atomic mass is 9.63. The minimum absolute atomic E-state index is 0.0807. The highest BCUT2D eigenvalue weighted by Crippen LogP contribution is 2.64. The Morgan fingerprint density at radius 2 is 1.88 bits per heavy atom. The highest BCUT2D eigenvalue weighted by atomic mass is 35.5. The van der Waals surface area contributed by atoms with Crippen LogP contribution in [0.5, 0.6) is 0 Å². The van der Waals surface area contributed by atoms with E-state index in [1.807, 2.05) is 6.92 Å². The number of imide groups is 1. The van der Waals surface area contributed by atoms with Crippen LogP contribution in [0, 0.1) is 23.6 Å². The van der Waals surface area contributed by atoms with Crippen LogP contribution in [0.1, 0.15) is 47.5 Å². The standard InChI is InChI=1S/C24H33ClFNO4Si/c1-14-13-23(5)18-19(24(14,31-23)10-11-30-32(6,7)22(2,3)4)21(29)27(20(18)28)15-8-9-17(26)16(25)12-15/h8-9,12,14,18-19H,10-11,13H2,1-7H3/t14-,18+,19-,23+,24-/m0/s1. The fourth-order valence-corrected chi connectivity index (χ4v) is 6.93. The van der Waals surface area contributed by atoms with E-state index in [-0.39, 0.29) is 27.8 Å². The summed E-state index contributed by atoms with van der Waals surface area (Å²) in [5.41, 5.74) is -1.14. The van der Waals surface area contributed by atoms with Crippen LogP contribution in [0.25, 0.3) is 0 Å². The zero-order valence-corrected chi connectivity index (χ0v) is 21.7. The van der Waals surface area contributed by atoms with Crippen LogP contribution in [0.3, 0.4) is 0 Å². The molecule has 3 aliphatic rings. The number of ether oxygens (including phenoxy) is 1. The quantitative estimate of drug-likeness (QED) is 0.408. The molecule has 0 unspecified atom stereocenters. The maximum atomic E-state index is 13.7. The van der Waals surface area contributed by atoms with Gasteiger partial charge in [0, 0.05) is 6.61 Å². The molecule has 0 aliphatic carbocycles. The van der Waals surface area contributed by atoms with E-state index in [0.717, 1.165) is 0 Å². The van der Waals surface area contributed by atoms with E-state index in [1.165, 1.54) is 23.1 Å². The van der Waals surface area contributed by atoms with Crippen LogP contribution in [0.15, 0.2) is 18.2 Å². The van der Waals surface area contributed by atoms with E-state index in [1.54, 1.807) is 0 Å². The number of hydrogen-bond donors (Lipinski definition) is 0. The number of hydrogen-bond acceptors (Lipinski definition) is 4. The van der Waals surface area contributed by atoms with Gasteiger partial charge in [-0.2, -0.15) is 0 Å². The van der Waals surface area contributed by atoms with Crippen molar-refractivity contribution in [2.45, 2.75) is 76.8 Å². The topological polar surface area (TPSA) is 55.8 Å². The highest BCUT2D eigenvalue weighted by molar-refractivity contribution is 6.74. The second-order valence-electron chi connectivity index (χ2n) is 11.4. The van der Waals surface area contributed by atoms with Crippen molar-refractivity contribution in [3.63, 3.8) is 0 Å². The second kappa shape index (κ2) is 7.36. The summed E-state index contributed by atoms with van der Waals surface area (Å²) < 4.78 is 26.7. The van der Waals surface area contributed by atoms with Crippen molar-refractivity contribution >= 4 is 37.4 Å². The monoisotopic (exact) mass is 481 g/mol. The third-order valence-corrected chi connectivity index (χ3v) is 13.2. The lowest BCUT2D eigenvalue weighted by Gasteiger charge is -2.39. The molecule has 2 bridgehead atoms. The van der Waals surface area contributed by atoms with Crippen molar-refractivity contribution in [2.75, 3.05) is 11.5 Å². The Kier molecular flexibility index (Phi) is 5.49. The Hall–Kier alpha value is -1.28. The van der Waals surface area contributed by atoms with Gasteiger partial charge in [0.2, 0.25) is 11.8 Å². The number of benzene rings is 1. The van der Waals surface area contributed by atoms with Crippen LogP contribution in [-0.4, -0.2) is 37.9 Å². The summed E-state index contributed by atoms with van der Waals surface area (Å²) in [4.78, 5) is 28.3. The predicted octanol–water partition coefficient (Wildman–Crippen LogP) is 5.56. The Bertz CT molecular complexity index is 979. The molecular weight excluding hydrogens is 449 g/mol. The Morgan fingerprint density at radius 3 is 2.47 bits per heavy atom. The van der Waals surface area contributed by atoms with Crippen molar-refractivity contribution in [1.82, 2.24) is 0 Å². The van der Waals surface area contributed by atoms with E-state index >= 15 is 0 Å². The molecule has 0 radical (unpaired) electrons. The maximum Gasteiger partial charge on any atom is 0.240 e. The zero-order chi connectivity index (χ0) is 23.9. The molecule has 0 aromatic heterocycles. The fraction of sp³-hybridized carbons (Fsp3) is 0.667. The van der Waals surface area contributed by atoms with E-state index in [9.17, 15) is 14.0 Å². The average Bonchev–Trinajstić information content (AvgIpc) is 3.18. The van der Waals surface area contributed by atoms with Gasteiger partial charge in [-0.1, -0.05) is 39.3 Å². The molecule has 4 rings (SSSR count). The van der Waals surface area contributed by atoms with Crippen LogP contribution >= 0.6 is 11.6 Å².